The first kappa shape index (κ1) is 18.1. The van der Waals surface area contributed by atoms with Gasteiger partial charge in [-0.1, -0.05) is 52.8 Å². The summed E-state index contributed by atoms with van der Waals surface area (Å²) >= 11 is 0. The van der Waals surface area contributed by atoms with Crippen molar-refractivity contribution in [1.82, 2.24) is 0 Å². The zero-order valence-electron chi connectivity index (χ0n) is 15.4. The van der Waals surface area contributed by atoms with Crippen molar-refractivity contribution in [2.24, 2.45) is 0 Å². The van der Waals surface area contributed by atoms with Gasteiger partial charge in [0.25, 0.3) is 0 Å². The first-order valence-corrected chi connectivity index (χ1v) is 8.63. The fourth-order valence-electron chi connectivity index (χ4n) is 3.17. The largest absolute Gasteiger partial charge is 0.508 e. The molecule has 0 atom stereocenters. The molecule has 0 saturated heterocycles. The fraction of sp³-hybridized carbons (Fsp3) is 0.364. The Morgan fingerprint density at radius 1 is 0.792 bits per heavy atom. The van der Waals surface area contributed by atoms with Gasteiger partial charge in [0.1, 0.15) is 11.5 Å². The zero-order chi connectivity index (χ0) is 17.9. The molecule has 2 nitrogen and oxygen atoms in total. The van der Waals surface area contributed by atoms with E-state index in [4.69, 9.17) is 0 Å². The van der Waals surface area contributed by atoms with Crippen molar-refractivity contribution >= 4 is 11.1 Å². The van der Waals surface area contributed by atoms with Gasteiger partial charge in [-0.3, -0.25) is 0 Å². The summed E-state index contributed by atoms with van der Waals surface area (Å²) < 4.78 is 0. The van der Waals surface area contributed by atoms with Gasteiger partial charge in [0.2, 0.25) is 0 Å². The van der Waals surface area contributed by atoms with E-state index in [-0.39, 0.29) is 11.2 Å². The minimum atomic E-state index is -0.107. The monoisotopic (exact) mass is 324 g/mol. The summed E-state index contributed by atoms with van der Waals surface area (Å²) in [6, 6.07) is 13.3. The maximum Gasteiger partial charge on any atom is 0.119 e. The summed E-state index contributed by atoms with van der Waals surface area (Å²) in [5.74, 6) is 0.635. The summed E-state index contributed by atoms with van der Waals surface area (Å²) in [5.41, 5.74) is 5.72. The van der Waals surface area contributed by atoms with Crippen LogP contribution in [0.25, 0.3) is 11.1 Å². The third kappa shape index (κ3) is 3.81. The van der Waals surface area contributed by atoms with Gasteiger partial charge in [-0.05, 0) is 70.4 Å². The molecular weight excluding hydrogens is 296 g/mol. The van der Waals surface area contributed by atoms with Crippen molar-refractivity contribution in [1.29, 1.82) is 0 Å². The lowest BCUT2D eigenvalue weighted by atomic mass is 9.83. The topological polar surface area (TPSA) is 40.5 Å². The lowest BCUT2D eigenvalue weighted by molar-refractivity contribution is 0.446. The van der Waals surface area contributed by atoms with E-state index >= 15 is 0 Å². The molecule has 128 valence electrons. The molecule has 2 N–H and O–H groups in total. The maximum atomic E-state index is 10.2. The average Bonchev–Trinajstić information content (AvgIpc) is 2.53. The number of rotatable bonds is 4. The molecule has 0 aliphatic heterocycles. The Balaban J connectivity index is 2.63. The van der Waals surface area contributed by atoms with Gasteiger partial charge in [-0.2, -0.15) is 0 Å². The second-order valence-corrected chi connectivity index (χ2v) is 7.19. The Labute approximate surface area is 145 Å². The molecule has 2 aromatic carbocycles. The summed E-state index contributed by atoms with van der Waals surface area (Å²) in [7, 11) is 0. The highest BCUT2D eigenvalue weighted by atomic mass is 16.3. The minimum absolute atomic E-state index is 0.107. The molecule has 0 bridgehead atoms. The molecule has 0 aliphatic carbocycles. The number of phenolic OH excluding ortho intramolecular Hbond substituents is 2. The SMILES string of the molecule is CCC(=C(CC)c1ccc(O)c(C(C)(C)C)c1)c1ccc(O)cc1. The Morgan fingerprint density at radius 2 is 1.29 bits per heavy atom. The van der Waals surface area contributed by atoms with Crippen LogP contribution in [0.5, 0.6) is 11.5 Å². The van der Waals surface area contributed by atoms with E-state index < -0.39 is 0 Å². The van der Waals surface area contributed by atoms with Crippen LogP contribution in [-0.2, 0) is 5.41 Å². The third-order valence-electron chi connectivity index (χ3n) is 4.44. The molecule has 0 aliphatic rings. The van der Waals surface area contributed by atoms with Crippen LogP contribution in [0.4, 0.5) is 0 Å². The molecular formula is C22H28O2. The quantitative estimate of drug-likeness (QED) is 0.664. The Morgan fingerprint density at radius 3 is 1.79 bits per heavy atom. The van der Waals surface area contributed by atoms with Crippen LogP contribution < -0.4 is 0 Å². The van der Waals surface area contributed by atoms with Crippen molar-refractivity contribution in [3.05, 3.63) is 59.2 Å². The number of allylic oxidation sites excluding steroid dienone is 2. The number of phenols is 2. The Bertz CT molecular complexity index is 732. The molecule has 0 spiro atoms. The van der Waals surface area contributed by atoms with Crippen LogP contribution in [-0.4, -0.2) is 10.2 Å². The predicted molar refractivity (Wildman–Crippen MR) is 102 cm³/mol. The Hall–Kier alpha value is -2.22. The van der Waals surface area contributed by atoms with Crippen LogP contribution in [0.1, 0.15) is 64.2 Å². The van der Waals surface area contributed by atoms with Gasteiger partial charge in [0.05, 0.1) is 0 Å². The molecule has 0 unspecified atom stereocenters. The average molecular weight is 324 g/mol. The first-order valence-electron chi connectivity index (χ1n) is 8.63. The predicted octanol–water partition coefficient (Wildman–Crippen LogP) is 6.13. The van der Waals surface area contributed by atoms with E-state index in [2.05, 4.69) is 40.7 Å². The van der Waals surface area contributed by atoms with Gasteiger partial charge < -0.3 is 10.2 Å². The second kappa shape index (κ2) is 7.12. The van der Waals surface area contributed by atoms with Crippen LogP contribution in [0.2, 0.25) is 0 Å². The smallest absolute Gasteiger partial charge is 0.119 e. The molecule has 2 aromatic rings. The van der Waals surface area contributed by atoms with E-state index in [0.717, 1.165) is 29.5 Å². The van der Waals surface area contributed by atoms with Crippen molar-refractivity contribution in [3.8, 4) is 11.5 Å². The Kier molecular flexibility index (Phi) is 5.38. The minimum Gasteiger partial charge on any atom is -0.508 e. The van der Waals surface area contributed by atoms with Gasteiger partial charge in [0.15, 0.2) is 0 Å². The van der Waals surface area contributed by atoms with Crippen molar-refractivity contribution in [2.75, 3.05) is 0 Å². The molecule has 2 heteroatoms. The van der Waals surface area contributed by atoms with E-state index in [1.807, 2.05) is 18.2 Å². The van der Waals surface area contributed by atoms with Crippen molar-refractivity contribution in [3.63, 3.8) is 0 Å². The summed E-state index contributed by atoms with van der Waals surface area (Å²) in [5, 5.41) is 19.8. The van der Waals surface area contributed by atoms with Gasteiger partial charge in [0, 0.05) is 0 Å². The van der Waals surface area contributed by atoms with E-state index in [1.54, 1.807) is 18.2 Å². The van der Waals surface area contributed by atoms with Crippen LogP contribution in [0.15, 0.2) is 42.5 Å². The lowest BCUT2D eigenvalue weighted by Crippen LogP contribution is -2.11. The van der Waals surface area contributed by atoms with Crippen LogP contribution >= 0.6 is 0 Å². The van der Waals surface area contributed by atoms with E-state index in [9.17, 15) is 10.2 Å². The van der Waals surface area contributed by atoms with Crippen molar-refractivity contribution < 1.29 is 10.2 Å². The summed E-state index contributed by atoms with van der Waals surface area (Å²) in [6.07, 6.45) is 1.83. The van der Waals surface area contributed by atoms with Gasteiger partial charge in [-0.25, -0.2) is 0 Å². The summed E-state index contributed by atoms with van der Waals surface area (Å²) in [4.78, 5) is 0. The van der Waals surface area contributed by atoms with Gasteiger partial charge in [-0.15, -0.1) is 0 Å². The summed E-state index contributed by atoms with van der Waals surface area (Å²) in [6.45, 7) is 10.7. The number of aromatic hydroxyl groups is 2. The highest BCUT2D eigenvalue weighted by Crippen LogP contribution is 2.37. The normalized spacial score (nSPS) is 12.9. The van der Waals surface area contributed by atoms with Crippen LogP contribution in [0, 0.1) is 0 Å². The number of hydrogen-bond acceptors (Lipinski definition) is 2. The molecule has 0 heterocycles. The zero-order valence-corrected chi connectivity index (χ0v) is 15.4. The van der Waals surface area contributed by atoms with Crippen LogP contribution in [0.3, 0.4) is 0 Å². The lowest BCUT2D eigenvalue weighted by Gasteiger charge is -2.22. The molecule has 0 saturated carbocycles. The molecule has 24 heavy (non-hydrogen) atoms. The standard InChI is InChI=1S/C22H28O2/c1-6-18(15-8-11-17(23)12-9-15)19(7-2)16-10-13-21(24)20(14-16)22(3,4)5/h8-14,23-24H,6-7H2,1-5H3. The maximum absolute atomic E-state index is 10.2. The first-order chi connectivity index (χ1) is 11.3. The number of hydrogen-bond donors (Lipinski definition) is 2. The molecule has 0 fully saturated rings. The number of benzene rings is 2. The van der Waals surface area contributed by atoms with Gasteiger partial charge >= 0.3 is 0 Å². The molecule has 0 radical (unpaired) electrons. The molecule has 2 rings (SSSR count). The fourth-order valence-corrected chi connectivity index (χ4v) is 3.17. The molecule has 0 amide bonds. The van der Waals surface area contributed by atoms with E-state index in [0.29, 0.717) is 5.75 Å². The van der Waals surface area contributed by atoms with E-state index in [1.165, 1.54) is 11.1 Å². The molecule has 0 aromatic heterocycles. The van der Waals surface area contributed by atoms with Crippen molar-refractivity contribution in [2.45, 2.75) is 52.9 Å². The highest BCUT2D eigenvalue weighted by molar-refractivity contribution is 5.91. The third-order valence-corrected chi connectivity index (χ3v) is 4.44. The highest BCUT2D eigenvalue weighted by Gasteiger charge is 2.19. The second-order valence-electron chi connectivity index (χ2n) is 7.19.